The third kappa shape index (κ3) is 3.98. The Bertz CT molecular complexity index is 721. The molecular weight excluding hydrogens is 322 g/mol. The first-order chi connectivity index (χ1) is 11.4. The number of benzene rings is 1. The van der Waals surface area contributed by atoms with Gasteiger partial charge in [0, 0.05) is 28.9 Å². The van der Waals surface area contributed by atoms with Gasteiger partial charge in [-0.3, -0.25) is 4.79 Å². The summed E-state index contributed by atoms with van der Waals surface area (Å²) in [5.74, 6) is 2.25. The number of amides is 1. The molecule has 1 aromatic carbocycles. The van der Waals surface area contributed by atoms with Crippen molar-refractivity contribution in [2.45, 2.75) is 56.4 Å². The Morgan fingerprint density at radius 2 is 2.17 bits per heavy atom. The quantitative estimate of drug-likeness (QED) is 0.916. The predicted molar refractivity (Wildman–Crippen MR) is 94.0 cm³/mol. The van der Waals surface area contributed by atoms with Crippen LogP contribution in [-0.2, 0) is 16.6 Å². The van der Waals surface area contributed by atoms with Crippen molar-refractivity contribution in [3.8, 4) is 0 Å². The number of carbonyl (C=O) groups excluding carboxylic acids is 1. The highest BCUT2D eigenvalue weighted by Gasteiger charge is 2.23. The molecule has 0 fully saturated rings. The van der Waals surface area contributed by atoms with Crippen molar-refractivity contribution in [1.29, 1.82) is 0 Å². The predicted octanol–water partition coefficient (Wildman–Crippen LogP) is 3.65. The Morgan fingerprint density at radius 1 is 1.38 bits per heavy atom. The molecule has 1 N–H and O–H groups in total. The monoisotopic (exact) mass is 345 g/mol. The number of aromatic nitrogens is 2. The fourth-order valence-corrected chi connectivity index (χ4v) is 3.77. The fraction of sp³-hybridized carbons (Fsp3) is 0.500. The van der Waals surface area contributed by atoms with E-state index >= 15 is 0 Å². The standard InChI is InChI=1S/C18H23N3O2S/c1-18(2,3)17-20-16(23-21-17)9-8-15(22)19-13-10-11-24-14-7-5-4-6-12(13)14/h4-7,13H,8-11H2,1-3H3,(H,19,22). The molecule has 0 saturated heterocycles. The molecule has 2 aromatic rings. The number of carbonyl (C=O) groups is 1. The molecule has 6 heteroatoms. The highest BCUT2D eigenvalue weighted by molar-refractivity contribution is 7.99. The average molecular weight is 345 g/mol. The topological polar surface area (TPSA) is 68.0 Å². The number of hydrogen-bond donors (Lipinski definition) is 1. The van der Waals surface area contributed by atoms with Gasteiger partial charge >= 0.3 is 0 Å². The van der Waals surface area contributed by atoms with Crippen LogP contribution in [0, 0.1) is 0 Å². The molecule has 1 aliphatic rings. The van der Waals surface area contributed by atoms with E-state index in [4.69, 9.17) is 4.52 Å². The first kappa shape index (κ1) is 17.0. The molecule has 1 aromatic heterocycles. The first-order valence-electron chi connectivity index (χ1n) is 8.27. The van der Waals surface area contributed by atoms with Crippen molar-refractivity contribution in [3.05, 3.63) is 41.5 Å². The zero-order valence-electron chi connectivity index (χ0n) is 14.3. The lowest BCUT2D eigenvalue weighted by Gasteiger charge is -2.25. The number of fused-ring (bicyclic) bond motifs is 1. The van der Waals surface area contributed by atoms with Crippen LogP contribution >= 0.6 is 11.8 Å². The number of aryl methyl sites for hydroxylation is 1. The van der Waals surface area contributed by atoms with E-state index in [1.807, 2.05) is 44.7 Å². The minimum atomic E-state index is -0.145. The van der Waals surface area contributed by atoms with Crippen LogP contribution < -0.4 is 5.32 Å². The third-order valence-corrected chi connectivity index (χ3v) is 5.12. The van der Waals surface area contributed by atoms with Crippen LogP contribution in [0.4, 0.5) is 0 Å². The zero-order valence-corrected chi connectivity index (χ0v) is 15.2. The van der Waals surface area contributed by atoms with E-state index in [0.717, 1.165) is 12.2 Å². The summed E-state index contributed by atoms with van der Waals surface area (Å²) in [6.45, 7) is 6.10. The molecule has 1 aliphatic heterocycles. The van der Waals surface area contributed by atoms with E-state index in [-0.39, 0.29) is 17.4 Å². The summed E-state index contributed by atoms with van der Waals surface area (Å²) < 4.78 is 5.24. The summed E-state index contributed by atoms with van der Waals surface area (Å²) in [7, 11) is 0. The van der Waals surface area contributed by atoms with E-state index in [2.05, 4.69) is 27.6 Å². The van der Waals surface area contributed by atoms with E-state index in [0.29, 0.717) is 24.6 Å². The van der Waals surface area contributed by atoms with Crippen molar-refractivity contribution in [2.24, 2.45) is 0 Å². The van der Waals surface area contributed by atoms with E-state index in [9.17, 15) is 4.79 Å². The zero-order chi connectivity index (χ0) is 17.2. The van der Waals surface area contributed by atoms with E-state index in [1.54, 1.807) is 0 Å². The van der Waals surface area contributed by atoms with Crippen molar-refractivity contribution in [2.75, 3.05) is 5.75 Å². The van der Waals surface area contributed by atoms with Crippen molar-refractivity contribution < 1.29 is 9.32 Å². The Kier molecular flexibility index (Phi) is 4.94. The Balaban J connectivity index is 1.56. The molecule has 0 bridgehead atoms. The summed E-state index contributed by atoms with van der Waals surface area (Å²) in [5, 5.41) is 7.13. The normalized spacial score (nSPS) is 17.4. The van der Waals surface area contributed by atoms with Crippen LogP contribution in [-0.4, -0.2) is 21.8 Å². The smallest absolute Gasteiger partial charge is 0.227 e. The number of thioether (sulfide) groups is 1. The maximum atomic E-state index is 12.3. The second kappa shape index (κ2) is 6.97. The van der Waals surface area contributed by atoms with Gasteiger partial charge in [-0.1, -0.05) is 44.1 Å². The number of nitrogens with zero attached hydrogens (tertiary/aromatic N) is 2. The number of hydrogen-bond acceptors (Lipinski definition) is 5. The van der Waals surface area contributed by atoms with Crippen LogP contribution in [0.3, 0.4) is 0 Å². The molecule has 0 aliphatic carbocycles. The van der Waals surface area contributed by atoms with Gasteiger partial charge in [-0.25, -0.2) is 0 Å². The summed E-state index contributed by atoms with van der Waals surface area (Å²) in [6.07, 6.45) is 1.79. The van der Waals surface area contributed by atoms with E-state index < -0.39 is 0 Å². The summed E-state index contributed by atoms with van der Waals surface area (Å²) in [4.78, 5) is 17.9. The van der Waals surface area contributed by atoms with Crippen LogP contribution in [0.15, 0.2) is 33.7 Å². The summed E-state index contributed by atoms with van der Waals surface area (Å²) >= 11 is 1.85. The van der Waals surface area contributed by atoms with Gasteiger partial charge in [0.05, 0.1) is 6.04 Å². The molecular formula is C18H23N3O2S. The van der Waals surface area contributed by atoms with Crippen molar-refractivity contribution in [3.63, 3.8) is 0 Å². The lowest BCUT2D eigenvalue weighted by atomic mass is 9.96. The summed E-state index contributed by atoms with van der Waals surface area (Å²) in [5.41, 5.74) is 1.07. The Hall–Kier alpha value is -1.82. The molecule has 0 radical (unpaired) electrons. The number of rotatable bonds is 4. The minimum Gasteiger partial charge on any atom is -0.349 e. The van der Waals surface area contributed by atoms with Crippen LogP contribution in [0.1, 0.15) is 56.9 Å². The van der Waals surface area contributed by atoms with Gasteiger partial charge in [-0.05, 0) is 18.1 Å². The van der Waals surface area contributed by atoms with Gasteiger partial charge in [0.15, 0.2) is 5.82 Å². The molecule has 128 valence electrons. The van der Waals surface area contributed by atoms with Gasteiger partial charge in [0.2, 0.25) is 11.8 Å². The molecule has 5 nitrogen and oxygen atoms in total. The SMILES string of the molecule is CC(C)(C)c1noc(CCC(=O)NC2CCSc3ccccc32)n1. The lowest BCUT2D eigenvalue weighted by molar-refractivity contribution is -0.121. The van der Waals surface area contributed by atoms with Crippen LogP contribution in [0.5, 0.6) is 0 Å². The first-order valence-corrected chi connectivity index (χ1v) is 9.26. The maximum absolute atomic E-state index is 12.3. The average Bonchev–Trinajstić information content (AvgIpc) is 3.03. The highest BCUT2D eigenvalue weighted by Crippen LogP contribution is 2.35. The van der Waals surface area contributed by atoms with Gasteiger partial charge in [0.25, 0.3) is 0 Å². The van der Waals surface area contributed by atoms with Gasteiger partial charge < -0.3 is 9.84 Å². The van der Waals surface area contributed by atoms with Gasteiger partial charge in [0.1, 0.15) is 0 Å². The van der Waals surface area contributed by atoms with Crippen LogP contribution in [0.25, 0.3) is 0 Å². The molecule has 0 spiro atoms. The Morgan fingerprint density at radius 3 is 2.92 bits per heavy atom. The molecule has 0 saturated carbocycles. The fourth-order valence-electron chi connectivity index (χ4n) is 2.64. The van der Waals surface area contributed by atoms with Gasteiger partial charge in [-0.15, -0.1) is 11.8 Å². The van der Waals surface area contributed by atoms with Crippen LogP contribution in [0.2, 0.25) is 0 Å². The van der Waals surface area contributed by atoms with E-state index in [1.165, 1.54) is 10.5 Å². The maximum Gasteiger partial charge on any atom is 0.227 e. The lowest BCUT2D eigenvalue weighted by Crippen LogP contribution is -2.30. The molecule has 1 unspecified atom stereocenters. The molecule has 3 rings (SSSR count). The second-order valence-electron chi connectivity index (χ2n) is 7.06. The minimum absolute atomic E-state index is 0.0252. The van der Waals surface area contributed by atoms with Crippen molar-refractivity contribution in [1.82, 2.24) is 15.5 Å². The summed E-state index contributed by atoms with van der Waals surface area (Å²) in [6, 6.07) is 8.38. The molecule has 24 heavy (non-hydrogen) atoms. The molecule has 2 heterocycles. The third-order valence-electron chi connectivity index (χ3n) is 4.00. The number of nitrogens with one attached hydrogen (secondary N) is 1. The van der Waals surface area contributed by atoms with Crippen molar-refractivity contribution >= 4 is 17.7 Å². The highest BCUT2D eigenvalue weighted by atomic mass is 32.2. The molecule has 1 atom stereocenters. The largest absolute Gasteiger partial charge is 0.349 e. The second-order valence-corrected chi connectivity index (χ2v) is 8.19. The van der Waals surface area contributed by atoms with Gasteiger partial charge in [-0.2, -0.15) is 4.98 Å². The molecule has 1 amide bonds. The Labute approximate surface area is 146 Å².